The van der Waals surface area contributed by atoms with Gasteiger partial charge in [-0.3, -0.25) is 14.3 Å². The summed E-state index contributed by atoms with van der Waals surface area (Å²) in [6, 6.07) is 9.90. The molecule has 1 aromatic heterocycles. The minimum Gasteiger partial charge on any atom is -0.483 e. The van der Waals surface area contributed by atoms with E-state index in [9.17, 15) is 22.8 Å². The number of carbonyl (C=O) groups excluding carboxylic acids is 2. The monoisotopic (exact) mass is 551 g/mol. The van der Waals surface area contributed by atoms with Crippen molar-refractivity contribution in [3.05, 3.63) is 58.7 Å². The summed E-state index contributed by atoms with van der Waals surface area (Å²) in [7, 11) is 1.52. The van der Waals surface area contributed by atoms with Crippen molar-refractivity contribution in [2.24, 2.45) is 5.92 Å². The molecular weight excluding hydrogens is 523 g/mol. The van der Waals surface area contributed by atoms with Gasteiger partial charge in [-0.15, -0.1) is 0 Å². The number of piperidine rings is 1. The van der Waals surface area contributed by atoms with Gasteiger partial charge in [0.2, 0.25) is 0 Å². The van der Waals surface area contributed by atoms with Crippen LogP contribution in [0.3, 0.4) is 0 Å². The molecule has 0 atom stereocenters. The van der Waals surface area contributed by atoms with Crippen LogP contribution in [0, 0.1) is 5.92 Å². The van der Waals surface area contributed by atoms with Crippen molar-refractivity contribution < 1.29 is 32.2 Å². The molecule has 3 aromatic rings. The molecule has 0 saturated carbocycles. The van der Waals surface area contributed by atoms with Gasteiger partial charge in [-0.25, -0.2) is 0 Å². The van der Waals surface area contributed by atoms with Crippen LogP contribution in [-0.4, -0.2) is 66.0 Å². The minimum atomic E-state index is -4.55. The highest BCUT2D eigenvalue weighted by Crippen LogP contribution is 2.33. The zero-order valence-electron chi connectivity index (χ0n) is 21.0. The number of rotatable bonds is 10. The van der Waals surface area contributed by atoms with E-state index < -0.39 is 12.8 Å². The number of halogens is 4. The van der Waals surface area contributed by atoms with Crippen LogP contribution in [0.2, 0.25) is 5.02 Å². The van der Waals surface area contributed by atoms with E-state index in [0.29, 0.717) is 54.2 Å². The quantitative estimate of drug-likeness (QED) is 0.235. The minimum absolute atomic E-state index is 0.0425. The van der Waals surface area contributed by atoms with Crippen LogP contribution < -0.4 is 4.74 Å². The second kappa shape index (κ2) is 12.2. The molecule has 7 nitrogen and oxygen atoms in total. The number of alkyl halides is 3. The van der Waals surface area contributed by atoms with E-state index in [1.165, 1.54) is 13.2 Å². The third-order valence-corrected chi connectivity index (χ3v) is 6.81. The standard InChI is InChI=1S/C27H29ClF3N3O4/c1-37-14-2-3-24(35)21-8-9-23-22(25(21)38-17-27(29,30)31)16-34(32-23)15-18-10-12-33(13-11-18)26(36)19-4-6-20(28)7-5-19/h4-9,16,18H,2-3,10-15,17H2,1H3. The van der Waals surface area contributed by atoms with E-state index in [4.69, 9.17) is 21.1 Å². The number of likely N-dealkylation sites (tertiary alicyclic amines) is 1. The highest BCUT2D eigenvalue weighted by Gasteiger charge is 2.30. The predicted molar refractivity (Wildman–Crippen MR) is 137 cm³/mol. The highest BCUT2D eigenvalue weighted by atomic mass is 35.5. The Morgan fingerprint density at radius 1 is 1.11 bits per heavy atom. The maximum absolute atomic E-state index is 13.0. The van der Waals surface area contributed by atoms with Crippen LogP contribution in [0.1, 0.15) is 46.4 Å². The molecule has 0 radical (unpaired) electrons. The zero-order valence-corrected chi connectivity index (χ0v) is 21.7. The van der Waals surface area contributed by atoms with Crippen LogP contribution in [0.25, 0.3) is 10.9 Å². The number of benzene rings is 2. The van der Waals surface area contributed by atoms with Gasteiger partial charge in [-0.1, -0.05) is 11.6 Å². The molecule has 0 aliphatic carbocycles. The first-order valence-electron chi connectivity index (χ1n) is 12.4. The number of hydrogen-bond donors (Lipinski definition) is 0. The van der Waals surface area contributed by atoms with Gasteiger partial charge >= 0.3 is 6.18 Å². The lowest BCUT2D eigenvalue weighted by Crippen LogP contribution is -2.39. The summed E-state index contributed by atoms with van der Waals surface area (Å²) >= 11 is 5.91. The van der Waals surface area contributed by atoms with E-state index in [1.807, 2.05) is 4.90 Å². The van der Waals surface area contributed by atoms with Crippen LogP contribution in [0.5, 0.6) is 5.75 Å². The van der Waals surface area contributed by atoms with E-state index in [1.54, 1.807) is 41.2 Å². The summed E-state index contributed by atoms with van der Waals surface area (Å²) in [6.45, 7) is 0.581. The molecule has 0 spiro atoms. The SMILES string of the molecule is COCCCC(=O)c1ccc2nn(CC3CCN(C(=O)c4ccc(Cl)cc4)CC3)cc2c1OCC(F)(F)F. The van der Waals surface area contributed by atoms with Crippen LogP contribution in [0.15, 0.2) is 42.6 Å². The summed E-state index contributed by atoms with van der Waals surface area (Å²) in [4.78, 5) is 27.3. The molecule has 2 aromatic carbocycles. The van der Waals surface area contributed by atoms with Crippen LogP contribution in [0.4, 0.5) is 13.2 Å². The summed E-state index contributed by atoms with van der Waals surface area (Å²) in [5.41, 5.74) is 1.14. The molecule has 1 aliphatic rings. The maximum Gasteiger partial charge on any atom is 0.422 e. The summed E-state index contributed by atoms with van der Waals surface area (Å²) in [5.74, 6) is -0.226. The van der Waals surface area contributed by atoms with E-state index >= 15 is 0 Å². The van der Waals surface area contributed by atoms with Gasteiger partial charge in [-0.05, 0) is 61.6 Å². The van der Waals surface area contributed by atoms with Gasteiger partial charge in [-0.2, -0.15) is 18.3 Å². The molecule has 0 unspecified atom stereocenters. The van der Waals surface area contributed by atoms with Crippen molar-refractivity contribution in [2.75, 3.05) is 33.4 Å². The summed E-state index contributed by atoms with van der Waals surface area (Å²) in [5, 5.41) is 5.46. The molecular formula is C27H29ClF3N3O4. The second-order valence-corrected chi connectivity index (χ2v) is 9.83. The largest absolute Gasteiger partial charge is 0.483 e. The number of ether oxygens (including phenoxy) is 2. The Morgan fingerprint density at radius 2 is 1.82 bits per heavy atom. The van der Waals surface area contributed by atoms with Gasteiger partial charge in [0.25, 0.3) is 5.91 Å². The molecule has 0 N–H and O–H groups in total. The van der Waals surface area contributed by atoms with E-state index in [-0.39, 0.29) is 35.3 Å². The second-order valence-electron chi connectivity index (χ2n) is 9.39. The first-order valence-corrected chi connectivity index (χ1v) is 12.8. The van der Waals surface area contributed by atoms with Crippen molar-refractivity contribution in [2.45, 2.75) is 38.4 Å². The molecule has 1 fully saturated rings. The van der Waals surface area contributed by atoms with Crippen molar-refractivity contribution >= 4 is 34.2 Å². The zero-order chi connectivity index (χ0) is 27.3. The summed E-state index contributed by atoms with van der Waals surface area (Å²) in [6.07, 6.45) is -0.815. The number of ketones is 1. The van der Waals surface area contributed by atoms with E-state index in [2.05, 4.69) is 5.10 Å². The topological polar surface area (TPSA) is 73.7 Å². The van der Waals surface area contributed by atoms with Crippen LogP contribution in [-0.2, 0) is 11.3 Å². The van der Waals surface area contributed by atoms with Crippen molar-refractivity contribution in [3.8, 4) is 5.75 Å². The number of nitrogens with zero attached hydrogens (tertiary/aromatic N) is 3. The molecule has 11 heteroatoms. The highest BCUT2D eigenvalue weighted by molar-refractivity contribution is 6.30. The number of amides is 1. The number of hydrogen-bond acceptors (Lipinski definition) is 5. The fraction of sp³-hybridized carbons (Fsp3) is 0.444. The Kier molecular flexibility index (Phi) is 8.94. The molecule has 4 rings (SSSR count). The van der Waals surface area contributed by atoms with Gasteiger partial charge in [0.1, 0.15) is 5.75 Å². The smallest absolute Gasteiger partial charge is 0.422 e. The normalized spacial score (nSPS) is 14.7. The van der Waals surface area contributed by atoms with Gasteiger partial charge < -0.3 is 14.4 Å². The first kappa shape index (κ1) is 27.9. The van der Waals surface area contributed by atoms with Gasteiger partial charge in [0, 0.05) is 56.6 Å². The Hall–Kier alpha value is -3.11. The fourth-order valence-electron chi connectivity index (χ4n) is 4.61. The number of carbonyl (C=O) groups is 2. The lowest BCUT2D eigenvalue weighted by Gasteiger charge is -2.32. The van der Waals surface area contributed by atoms with Crippen molar-refractivity contribution in [3.63, 3.8) is 0 Å². The third-order valence-electron chi connectivity index (χ3n) is 6.56. The maximum atomic E-state index is 13.0. The van der Waals surface area contributed by atoms with Gasteiger partial charge in [0.05, 0.1) is 16.5 Å². The van der Waals surface area contributed by atoms with Crippen molar-refractivity contribution in [1.82, 2.24) is 14.7 Å². The molecule has 1 saturated heterocycles. The Balaban J connectivity index is 1.46. The summed E-state index contributed by atoms with van der Waals surface area (Å²) < 4.78 is 50.7. The first-order chi connectivity index (χ1) is 18.1. The Labute approximate surface area is 223 Å². The number of fused-ring (bicyclic) bond motifs is 1. The molecule has 2 heterocycles. The molecule has 1 amide bonds. The van der Waals surface area contributed by atoms with Crippen molar-refractivity contribution in [1.29, 1.82) is 0 Å². The van der Waals surface area contributed by atoms with E-state index in [0.717, 1.165) is 12.8 Å². The third kappa shape index (κ3) is 7.05. The fourth-order valence-corrected chi connectivity index (χ4v) is 4.74. The molecule has 1 aliphatic heterocycles. The Morgan fingerprint density at radius 3 is 2.47 bits per heavy atom. The molecule has 204 valence electrons. The predicted octanol–water partition coefficient (Wildman–Crippen LogP) is 5.79. The Bertz CT molecular complexity index is 1270. The van der Waals surface area contributed by atoms with Crippen LogP contribution >= 0.6 is 11.6 Å². The van der Waals surface area contributed by atoms with Gasteiger partial charge in [0.15, 0.2) is 12.4 Å². The average molecular weight is 552 g/mol. The number of methoxy groups -OCH3 is 1. The lowest BCUT2D eigenvalue weighted by atomic mass is 9.96. The average Bonchev–Trinajstić information content (AvgIpc) is 3.30. The number of aromatic nitrogens is 2. The number of Topliss-reactive ketones (excluding diaryl/α,β-unsaturated/α-hetero) is 1. The lowest BCUT2D eigenvalue weighted by molar-refractivity contribution is -0.153. The molecule has 38 heavy (non-hydrogen) atoms. The molecule has 0 bridgehead atoms.